The Hall–Kier alpha value is -3.42. The van der Waals surface area contributed by atoms with Crippen molar-refractivity contribution in [2.75, 3.05) is 0 Å². The van der Waals surface area contributed by atoms with E-state index in [4.69, 9.17) is 0 Å². The van der Waals surface area contributed by atoms with Crippen molar-refractivity contribution in [1.82, 2.24) is 29.8 Å². The highest BCUT2D eigenvalue weighted by Crippen LogP contribution is 2.30. The molecule has 8 nitrogen and oxygen atoms in total. The van der Waals surface area contributed by atoms with Crippen LogP contribution in [0.4, 0.5) is 0 Å². The Labute approximate surface area is 155 Å². The predicted molar refractivity (Wildman–Crippen MR) is 97.8 cm³/mol. The van der Waals surface area contributed by atoms with Gasteiger partial charge in [0.2, 0.25) is 0 Å². The van der Waals surface area contributed by atoms with Crippen LogP contribution in [-0.2, 0) is 12.1 Å². The van der Waals surface area contributed by atoms with Crippen LogP contribution in [0.1, 0.15) is 35.9 Å². The molecule has 3 aromatic rings. The fourth-order valence-corrected chi connectivity index (χ4v) is 3.36. The van der Waals surface area contributed by atoms with Crippen molar-refractivity contribution >= 4 is 5.91 Å². The second-order valence-corrected chi connectivity index (χ2v) is 6.68. The minimum absolute atomic E-state index is 0.157. The standard InChI is InChI=1S/C19H18N6O2/c1-19(24-17(27)13-4-2-7-20-11-13)6-3-9-25-16(26)10-15(23-18(19)25)14-5-8-21-12-22-14/h2,4-5,7-8,10-12H,3,6,9H2,1H3,(H,24,27). The Morgan fingerprint density at radius 2 is 2.11 bits per heavy atom. The quantitative estimate of drug-likeness (QED) is 0.758. The van der Waals surface area contributed by atoms with E-state index in [2.05, 4.69) is 25.3 Å². The highest BCUT2D eigenvalue weighted by molar-refractivity contribution is 5.94. The summed E-state index contributed by atoms with van der Waals surface area (Å²) in [5.74, 6) is 0.285. The van der Waals surface area contributed by atoms with Gasteiger partial charge in [-0.3, -0.25) is 19.1 Å². The van der Waals surface area contributed by atoms with Gasteiger partial charge in [0.25, 0.3) is 11.5 Å². The number of pyridine rings is 1. The number of hydrogen-bond donors (Lipinski definition) is 1. The van der Waals surface area contributed by atoms with Crippen molar-refractivity contribution in [2.45, 2.75) is 31.8 Å². The second kappa shape index (κ2) is 6.71. The molecule has 0 fully saturated rings. The molecule has 8 heteroatoms. The highest BCUT2D eigenvalue weighted by Gasteiger charge is 2.36. The summed E-state index contributed by atoms with van der Waals surface area (Å²) in [5.41, 5.74) is 0.572. The number of nitrogens with one attached hydrogen (secondary N) is 1. The van der Waals surface area contributed by atoms with Gasteiger partial charge < -0.3 is 5.32 Å². The average Bonchev–Trinajstić information content (AvgIpc) is 2.70. The number of rotatable bonds is 3. The largest absolute Gasteiger partial charge is 0.340 e. The zero-order valence-electron chi connectivity index (χ0n) is 14.8. The first-order valence-corrected chi connectivity index (χ1v) is 8.68. The monoisotopic (exact) mass is 362 g/mol. The summed E-state index contributed by atoms with van der Waals surface area (Å²) in [5, 5.41) is 3.04. The smallest absolute Gasteiger partial charge is 0.254 e. The fourth-order valence-electron chi connectivity index (χ4n) is 3.36. The zero-order chi connectivity index (χ0) is 18.9. The van der Waals surface area contributed by atoms with Gasteiger partial charge in [-0.1, -0.05) is 0 Å². The van der Waals surface area contributed by atoms with Crippen molar-refractivity contribution < 1.29 is 4.79 Å². The Morgan fingerprint density at radius 1 is 1.22 bits per heavy atom. The van der Waals surface area contributed by atoms with Crippen LogP contribution in [-0.4, -0.2) is 30.4 Å². The van der Waals surface area contributed by atoms with E-state index >= 15 is 0 Å². The van der Waals surface area contributed by atoms with Gasteiger partial charge in [0.1, 0.15) is 12.2 Å². The maximum absolute atomic E-state index is 12.7. The van der Waals surface area contributed by atoms with Gasteiger partial charge in [-0.15, -0.1) is 0 Å². The maximum Gasteiger partial charge on any atom is 0.254 e. The molecule has 1 unspecified atom stereocenters. The van der Waals surface area contributed by atoms with E-state index in [1.807, 2.05) is 6.92 Å². The van der Waals surface area contributed by atoms with Gasteiger partial charge in [-0.2, -0.15) is 0 Å². The summed E-state index contributed by atoms with van der Waals surface area (Å²) in [7, 11) is 0. The SMILES string of the molecule is CC1(NC(=O)c2cccnc2)CCCn2c1nc(-c1ccncn1)cc2=O. The lowest BCUT2D eigenvalue weighted by molar-refractivity contribution is 0.0880. The normalized spacial score (nSPS) is 18.6. The molecule has 1 atom stereocenters. The molecule has 1 aliphatic heterocycles. The van der Waals surface area contributed by atoms with Gasteiger partial charge in [0.15, 0.2) is 0 Å². The topological polar surface area (TPSA) is 103 Å². The Kier molecular flexibility index (Phi) is 4.23. The van der Waals surface area contributed by atoms with Crippen LogP contribution in [0, 0.1) is 0 Å². The van der Waals surface area contributed by atoms with Crippen LogP contribution in [0.2, 0.25) is 0 Å². The molecule has 136 valence electrons. The van der Waals surface area contributed by atoms with Crippen molar-refractivity contribution in [3.05, 3.63) is 70.9 Å². The van der Waals surface area contributed by atoms with Crippen LogP contribution in [0.15, 0.2) is 54.0 Å². The molecule has 1 N–H and O–H groups in total. The van der Waals surface area contributed by atoms with E-state index in [1.165, 1.54) is 18.6 Å². The number of aromatic nitrogens is 5. The van der Waals surface area contributed by atoms with E-state index < -0.39 is 5.54 Å². The first-order valence-electron chi connectivity index (χ1n) is 8.68. The minimum atomic E-state index is -0.770. The number of carbonyl (C=O) groups excluding carboxylic acids is 1. The minimum Gasteiger partial charge on any atom is -0.340 e. The van der Waals surface area contributed by atoms with E-state index in [0.717, 1.165) is 6.42 Å². The molecule has 0 saturated heterocycles. The van der Waals surface area contributed by atoms with Crippen LogP contribution < -0.4 is 10.9 Å². The molecule has 0 saturated carbocycles. The van der Waals surface area contributed by atoms with Crippen LogP contribution in [0.5, 0.6) is 0 Å². The van der Waals surface area contributed by atoms with Crippen LogP contribution in [0.25, 0.3) is 11.4 Å². The van der Waals surface area contributed by atoms with Gasteiger partial charge in [0, 0.05) is 31.2 Å². The zero-order valence-corrected chi connectivity index (χ0v) is 14.8. The number of nitrogens with zero attached hydrogens (tertiary/aromatic N) is 5. The molecule has 3 aromatic heterocycles. The van der Waals surface area contributed by atoms with Crippen LogP contribution in [0.3, 0.4) is 0 Å². The average molecular weight is 362 g/mol. The third kappa shape index (κ3) is 3.21. The van der Waals surface area contributed by atoms with Crippen molar-refractivity contribution in [2.24, 2.45) is 0 Å². The van der Waals surface area contributed by atoms with E-state index in [1.54, 1.807) is 35.2 Å². The summed E-state index contributed by atoms with van der Waals surface area (Å²) in [6.45, 7) is 2.46. The predicted octanol–water partition coefficient (Wildman–Crippen LogP) is 1.53. The van der Waals surface area contributed by atoms with Crippen molar-refractivity contribution in [1.29, 1.82) is 0 Å². The number of fused-ring (bicyclic) bond motifs is 1. The molecule has 27 heavy (non-hydrogen) atoms. The molecular formula is C19H18N6O2. The van der Waals surface area contributed by atoms with Gasteiger partial charge in [-0.25, -0.2) is 15.0 Å². The van der Waals surface area contributed by atoms with Gasteiger partial charge >= 0.3 is 0 Å². The third-order valence-corrected chi connectivity index (χ3v) is 4.72. The summed E-state index contributed by atoms with van der Waals surface area (Å²) in [4.78, 5) is 42.1. The first kappa shape index (κ1) is 17.0. The lowest BCUT2D eigenvalue weighted by atomic mass is 9.90. The second-order valence-electron chi connectivity index (χ2n) is 6.68. The number of hydrogen-bond acceptors (Lipinski definition) is 6. The van der Waals surface area contributed by atoms with Crippen molar-refractivity contribution in [3.63, 3.8) is 0 Å². The molecule has 0 bridgehead atoms. The van der Waals surface area contributed by atoms with Gasteiger partial charge in [0.05, 0.1) is 22.5 Å². The summed E-state index contributed by atoms with van der Waals surface area (Å²) in [6, 6.07) is 6.59. The van der Waals surface area contributed by atoms with E-state index in [-0.39, 0.29) is 11.5 Å². The summed E-state index contributed by atoms with van der Waals surface area (Å²) < 4.78 is 1.62. The van der Waals surface area contributed by atoms with Crippen molar-refractivity contribution in [3.8, 4) is 11.4 Å². The first-order chi connectivity index (χ1) is 13.1. The van der Waals surface area contributed by atoms with Crippen LogP contribution >= 0.6 is 0 Å². The maximum atomic E-state index is 12.7. The summed E-state index contributed by atoms with van der Waals surface area (Å²) >= 11 is 0. The lowest BCUT2D eigenvalue weighted by Crippen LogP contribution is -2.50. The number of amides is 1. The molecule has 4 heterocycles. The lowest BCUT2D eigenvalue weighted by Gasteiger charge is -2.36. The van der Waals surface area contributed by atoms with E-state index in [0.29, 0.717) is 35.7 Å². The number of carbonyl (C=O) groups is 1. The Balaban J connectivity index is 1.76. The molecular weight excluding hydrogens is 344 g/mol. The molecule has 0 aliphatic carbocycles. The molecule has 0 radical (unpaired) electrons. The molecule has 1 aliphatic rings. The third-order valence-electron chi connectivity index (χ3n) is 4.72. The molecule has 1 amide bonds. The fraction of sp³-hybridized carbons (Fsp3) is 0.263. The van der Waals surface area contributed by atoms with Gasteiger partial charge in [-0.05, 0) is 38.0 Å². The molecule has 0 spiro atoms. The van der Waals surface area contributed by atoms with E-state index in [9.17, 15) is 9.59 Å². The Bertz CT molecular complexity index is 1040. The summed E-state index contributed by atoms with van der Waals surface area (Å²) in [6.07, 6.45) is 7.59. The molecule has 4 rings (SSSR count). The Morgan fingerprint density at radius 3 is 2.85 bits per heavy atom. The highest BCUT2D eigenvalue weighted by atomic mass is 16.2. The molecule has 0 aromatic carbocycles.